The second-order valence-electron chi connectivity index (χ2n) is 6.33. The Morgan fingerprint density at radius 3 is 2.29 bits per heavy atom. The number of anilines is 1. The van der Waals surface area contributed by atoms with Crippen LogP contribution in [-0.2, 0) is 19.6 Å². The number of amides is 1. The Kier molecular flexibility index (Phi) is 6.52. The quantitative estimate of drug-likeness (QED) is 0.742. The van der Waals surface area contributed by atoms with Crippen LogP contribution < -0.4 is 5.32 Å². The first-order chi connectivity index (χ1) is 13.0. The van der Waals surface area contributed by atoms with Gasteiger partial charge in [-0.15, -0.1) is 0 Å². The van der Waals surface area contributed by atoms with Gasteiger partial charge in [0.2, 0.25) is 10.0 Å². The van der Waals surface area contributed by atoms with E-state index in [-0.39, 0.29) is 4.90 Å². The molecule has 0 fully saturated rings. The maximum atomic E-state index is 14.0. The predicted molar refractivity (Wildman–Crippen MR) is 102 cm³/mol. The van der Waals surface area contributed by atoms with Crippen molar-refractivity contribution in [1.29, 1.82) is 0 Å². The summed E-state index contributed by atoms with van der Waals surface area (Å²) in [5, 5.41) is 2.58. The number of nitrogens with one attached hydrogen (secondary N) is 1. The van der Waals surface area contributed by atoms with Crippen molar-refractivity contribution < 1.29 is 27.1 Å². The molecule has 9 heteroatoms. The summed E-state index contributed by atoms with van der Waals surface area (Å²) in [5.41, 5.74) is 0.960. The van der Waals surface area contributed by atoms with Crippen LogP contribution in [0, 0.1) is 12.7 Å². The van der Waals surface area contributed by atoms with Crippen LogP contribution in [0.4, 0.5) is 10.1 Å². The van der Waals surface area contributed by atoms with Crippen molar-refractivity contribution in [2.24, 2.45) is 0 Å². The molecule has 0 saturated heterocycles. The second-order valence-corrected chi connectivity index (χ2v) is 8.48. The number of rotatable bonds is 6. The van der Waals surface area contributed by atoms with Crippen molar-refractivity contribution in [3.63, 3.8) is 0 Å². The Labute approximate surface area is 163 Å². The lowest BCUT2D eigenvalue weighted by Gasteiger charge is -2.15. The molecule has 150 valence electrons. The number of esters is 1. The Hall–Kier alpha value is -2.78. The van der Waals surface area contributed by atoms with E-state index in [1.165, 1.54) is 21.0 Å². The number of carbonyl (C=O) groups is 2. The molecule has 0 heterocycles. The van der Waals surface area contributed by atoms with Gasteiger partial charge in [-0.05, 0) is 44.2 Å². The van der Waals surface area contributed by atoms with Crippen LogP contribution in [0.3, 0.4) is 0 Å². The molecule has 2 aromatic carbocycles. The number of halogens is 1. The lowest BCUT2D eigenvalue weighted by molar-refractivity contribution is -0.123. The van der Waals surface area contributed by atoms with Crippen molar-refractivity contribution in [3.05, 3.63) is 59.4 Å². The van der Waals surface area contributed by atoms with E-state index < -0.39 is 39.4 Å². The summed E-state index contributed by atoms with van der Waals surface area (Å²) in [6.45, 7) is 3.23. The van der Waals surface area contributed by atoms with Crippen LogP contribution >= 0.6 is 0 Å². The molecule has 0 spiro atoms. The summed E-state index contributed by atoms with van der Waals surface area (Å²) >= 11 is 0. The largest absolute Gasteiger partial charge is 0.449 e. The van der Waals surface area contributed by atoms with Gasteiger partial charge in [0.1, 0.15) is 5.82 Å². The molecule has 0 aliphatic carbocycles. The Bertz CT molecular complexity index is 988. The first-order valence-corrected chi connectivity index (χ1v) is 9.77. The zero-order chi connectivity index (χ0) is 21.1. The molecular formula is C19H21FN2O5S. The van der Waals surface area contributed by atoms with Gasteiger partial charge in [0.15, 0.2) is 6.10 Å². The SMILES string of the molecule is Cc1ccc(NC(=O)[C@H](C)OC(=O)c2cc(S(=O)(=O)N(C)C)ccc2F)cc1. The molecule has 0 saturated carbocycles. The molecule has 1 amide bonds. The van der Waals surface area contributed by atoms with Crippen LogP contribution in [0.15, 0.2) is 47.4 Å². The molecule has 0 radical (unpaired) electrons. The molecule has 2 rings (SSSR count). The molecule has 0 aromatic heterocycles. The van der Waals surface area contributed by atoms with Gasteiger partial charge in [-0.25, -0.2) is 21.9 Å². The Morgan fingerprint density at radius 2 is 1.71 bits per heavy atom. The van der Waals surface area contributed by atoms with Crippen LogP contribution in [0.25, 0.3) is 0 Å². The topological polar surface area (TPSA) is 92.8 Å². The minimum absolute atomic E-state index is 0.261. The summed E-state index contributed by atoms with van der Waals surface area (Å²) in [4.78, 5) is 24.2. The zero-order valence-corrected chi connectivity index (χ0v) is 16.7. The van der Waals surface area contributed by atoms with E-state index in [1.807, 2.05) is 6.92 Å². The summed E-state index contributed by atoms with van der Waals surface area (Å²) in [5.74, 6) is -2.69. The normalized spacial score (nSPS) is 12.5. The number of hydrogen-bond donors (Lipinski definition) is 1. The smallest absolute Gasteiger partial charge is 0.341 e. The molecule has 28 heavy (non-hydrogen) atoms. The van der Waals surface area contributed by atoms with Crippen LogP contribution in [0.5, 0.6) is 0 Å². The van der Waals surface area contributed by atoms with Gasteiger partial charge in [-0.2, -0.15) is 0 Å². The third-order valence-electron chi connectivity index (χ3n) is 3.91. The lowest BCUT2D eigenvalue weighted by atomic mass is 10.2. The van der Waals surface area contributed by atoms with E-state index in [0.29, 0.717) is 5.69 Å². The highest BCUT2D eigenvalue weighted by Gasteiger charge is 2.25. The first-order valence-electron chi connectivity index (χ1n) is 8.33. The molecule has 0 unspecified atom stereocenters. The molecule has 0 aliphatic rings. The maximum absolute atomic E-state index is 14.0. The van der Waals surface area contributed by atoms with Crippen LogP contribution in [0.1, 0.15) is 22.8 Å². The zero-order valence-electron chi connectivity index (χ0n) is 15.9. The highest BCUT2D eigenvalue weighted by Crippen LogP contribution is 2.19. The average Bonchev–Trinajstić information content (AvgIpc) is 2.63. The summed E-state index contributed by atoms with van der Waals surface area (Å²) in [6, 6.07) is 9.79. The minimum atomic E-state index is -3.86. The minimum Gasteiger partial charge on any atom is -0.449 e. The van der Waals surface area contributed by atoms with E-state index in [9.17, 15) is 22.4 Å². The molecular weight excluding hydrogens is 387 g/mol. The fraction of sp³-hybridized carbons (Fsp3) is 0.263. The Balaban J connectivity index is 2.15. The average molecular weight is 408 g/mol. The van der Waals surface area contributed by atoms with Gasteiger partial charge in [0.05, 0.1) is 10.5 Å². The van der Waals surface area contributed by atoms with E-state index in [0.717, 1.165) is 28.1 Å². The monoisotopic (exact) mass is 408 g/mol. The lowest BCUT2D eigenvalue weighted by Crippen LogP contribution is -2.30. The number of carbonyl (C=O) groups excluding carboxylic acids is 2. The van der Waals surface area contributed by atoms with Crippen LogP contribution in [-0.4, -0.2) is 44.8 Å². The van der Waals surface area contributed by atoms with Crippen molar-refractivity contribution in [3.8, 4) is 0 Å². The van der Waals surface area contributed by atoms with Crippen LogP contribution in [0.2, 0.25) is 0 Å². The van der Waals surface area contributed by atoms with Gasteiger partial charge in [-0.1, -0.05) is 17.7 Å². The number of nitrogens with zero attached hydrogens (tertiary/aromatic N) is 1. The van der Waals surface area contributed by atoms with Crippen molar-refractivity contribution in [2.75, 3.05) is 19.4 Å². The van der Waals surface area contributed by atoms with Gasteiger partial charge < -0.3 is 10.1 Å². The fourth-order valence-corrected chi connectivity index (χ4v) is 3.12. The highest BCUT2D eigenvalue weighted by molar-refractivity contribution is 7.89. The predicted octanol–water partition coefficient (Wildman–Crippen LogP) is 2.57. The van der Waals surface area contributed by atoms with E-state index in [4.69, 9.17) is 4.74 Å². The van der Waals surface area contributed by atoms with Crippen molar-refractivity contribution >= 4 is 27.6 Å². The molecule has 2 aromatic rings. The van der Waals surface area contributed by atoms with Gasteiger partial charge in [-0.3, -0.25) is 4.79 Å². The number of aryl methyl sites for hydroxylation is 1. The van der Waals surface area contributed by atoms with E-state index >= 15 is 0 Å². The van der Waals surface area contributed by atoms with E-state index in [2.05, 4.69) is 5.32 Å². The maximum Gasteiger partial charge on any atom is 0.341 e. The first kappa shape index (κ1) is 21.5. The Morgan fingerprint density at radius 1 is 1.11 bits per heavy atom. The standard InChI is InChI=1S/C19H21FN2O5S/c1-12-5-7-14(8-6-12)21-18(23)13(2)27-19(24)16-11-15(9-10-17(16)20)28(25,26)22(3)4/h5-11,13H,1-4H3,(H,21,23)/t13-/m0/s1. The third-order valence-corrected chi connectivity index (χ3v) is 5.72. The number of benzene rings is 2. The fourth-order valence-electron chi connectivity index (χ4n) is 2.19. The van der Waals surface area contributed by atoms with Gasteiger partial charge in [0.25, 0.3) is 5.91 Å². The molecule has 1 atom stereocenters. The number of hydrogen-bond acceptors (Lipinski definition) is 5. The number of ether oxygens (including phenoxy) is 1. The third kappa shape index (κ3) is 4.93. The molecule has 7 nitrogen and oxygen atoms in total. The summed E-state index contributed by atoms with van der Waals surface area (Å²) < 4.78 is 44.3. The summed E-state index contributed by atoms with van der Waals surface area (Å²) in [7, 11) is -1.23. The number of sulfonamides is 1. The molecule has 0 bridgehead atoms. The van der Waals surface area contributed by atoms with Crippen molar-refractivity contribution in [1.82, 2.24) is 4.31 Å². The highest BCUT2D eigenvalue weighted by atomic mass is 32.2. The molecule has 1 N–H and O–H groups in total. The summed E-state index contributed by atoms with van der Waals surface area (Å²) in [6.07, 6.45) is -1.22. The van der Waals surface area contributed by atoms with Gasteiger partial charge in [0, 0.05) is 19.8 Å². The molecule has 0 aliphatic heterocycles. The van der Waals surface area contributed by atoms with E-state index in [1.54, 1.807) is 24.3 Å². The second kappa shape index (κ2) is 8.49. The van der Waals surface area contributed by atoms with Gasteiger partial charge >= 0.3 is 5.97 Å². The van der Waals surface area contributed by atoms with Crippen molar-refractivity contribution in [2.45, 2.75) is 24.8 Å².